The number of carbonyl (C=O) groups excluding carboxylic acids is 1. The smallest absolute Gasteiger partial charge is 0.257 e. The van der Waals surface area contributed by atoms with Gasteiger partial charge >= 0.3 is 0 Å². The van der Waals surface area contributed by atoms with E-state index in [1.165, 1.54) is 0 Å². The van der Waals surface area contributed by atoms with E-state index in [-0.39, 0.29) is 18.3 Å². The standard InChI is InChI=1S/C11H16N2O2.ClH/c1-8-10(4-6-15-8)11(14)13-5-3-9(7-13)12-2;/h4,6,9,12H,3,5,7H2,1-2H3;1H. The Morgan fingerprint density at radius 2 is 2.38 bits per heavy atom. The first-order valence-corrected chi connectivity index (χ1v) is 5.23. The van der Waals surface area contributed by atoms with E-state index < -0.39 is 0 Å². The lowest BCUT2D eigenvalue weighted by Crippen LogP contribution is -2.33. The van der Waals surface area contributed by atoms with Crippen molar-refractivity contribution >= 4 is 18.3 Å². The second kappa shape index (κ2) is 5.37. The van der Waals surface area contributed by atoms with Crippen LogP contribution in [0.2, 0.25) is 0 Å². The molecule has 0 bridgehead atoms. The van der Waals surface area contributed by atoms with Gasteiger partial charge in [-0.2, -0.15) is 0 Å². The van der Waals surface area contributed by atoms with E-state index >= 15 is 0 Å². The highest BCUT2D eigenvalue weighted by molar-refractivity contribution is 5.95. The molecule has 5 heteroatoms. The van der Waals surface area contributed by atoms with Crippen molar-refractivity contribution < 1.29 is 9.21 Å². The number of aryl methyl sites for hydroxylation is 1. The molecule has 4 nitrogen and oxygen atoms in total. The van der Waals surface area contributed by atoms with Gasteiger partial charge in [0.15, 0.2) is 0 Å². The number of hydrogen-bond donors (Lipinski definition) is 1. The highest BCUT2D eigenvalue weighted by Gasteiger charge is 2.27. The van der Waals surface area contributed by atoms with Gasteiger partial charge in [-0.15, -0.1) is 12.4 Å². The van der Waals surface area contributed by atoms with E-state index in [0.29, 0.717) is 17.4 Å². The number of hydrogen-bond acceptors (Lipinski definition) is 3. The zero-order valence-electron chi connectivity index (χ0n) is 9.53. The van der Waals surface area contributed by atoms with Gasteiger partial charge in [-0.25, -0.2) is 0 Å². The van der Waals surface area contributed by atoms with E-state index in [0.717, 1.165) is 19.5 Å². The molecule has 1 aliphatic rings. The van der Waals surface area contributed by atoms with E-state index in [2.05, 4.69) is 5.32 Å². The summed E-state index contributed by atoms with van der Waals surface area (Å²) in [7, 11) is 1.93. The molecule has 1 aromatic rings. The first-order valence-electron chi connectivity index (χ1n) is 5.23. The Morgan fingerprint density at radius 3 is 2.88 bits per heavy atom. The van der Waals surface area contributed by atoms with Crippen molar-refractivity contribution in [3.63, 3.8) is 0 Å². The van der Waals surface area contributed by atoms with Gasteiger partial charge in [-0.05, 0) is 26.5 Å². The van der Waals surface area contributed by atoms with Gasteiger partial charge < -0.3 is 14.6 Å². The normalized spacial score (nSPS) is 19.6. The van der Waals surface area contributed by atoms with Crippen molar-refractivity contribution in [2.45, 2.75) is 19.4 Å². The SMILES string of the molecule is CNC1CCN(C(=O)c2ccoc2C)C1.Cl. The molecule has 90 valence electrons. The van der Waals surface area contributed by atoms with Crippen LogP contribution in [0, 0.1) is 6.92 Å². The summed E-state index contributed by atoms with van der Waals surface area (Å²) in [5.41, 5.74) is 0.687. The zero-order valence-corrected chi connectivity index (χ0v) is 10.3. The second-order valence-corrected chi connectivity index (χ2v) is 3.92. The van der Waals surface area contributed by atoms with Gasteiger partial charge in [0.1, 0.15) is 5.76 Å². The summed E-state index contributed by atoms with van der Waals surface area (Å²) in [6, 6.07) is 2.17. The van der Waals surface area contributed by atoms with E-state index in [1.807, 2.05) is 18.9 Å². The summed E-state index contributed by atoms with van der Waals surface area (Å²) in [6.45, 7) is 3.44. The van der Waals surface area contributed by atoms with Gasteiger partial charge in [-0.1, -0.05) is 0 Å². The number of amides is 1. The van der Waals surface area contributed by atoms with Crippen molar-refractivity contribution in [3.8, 4) is 0 Å². The van der Waals surface area contributed by atoms with Crippen LogP contribution in [0.3, 0.4) is 0 Å². The fourth-order valence-electron chi connectivity index (χ4n) is 1.96. The third-order valence-electron chi connectivity index (χ3n) is 2.97. The molecule has 1 aliphatic heterocycles. The molecule has 1 aromatic heterocycles. The number of carbonyl (C=O) groups is 1. The number of likely N-dealkylation sites (N-methyl/N-ethyl adjacent to an activating group) is 1. The summed E-state index contributed by atoms with van der Waals surface area (Å²) in [5, 5.41) is 3.19. The van der Waals surface area contributed by atoms with Crippen LogP contribution in [0.1, 0.15) is 22.5 Å². The zero-order chi connectivity index (χ0) is 10.8. The number of furan rings is 1. The maximum absolute atomic E-state index is 12.0. The number of halogens is 1. The molecule has 16 heavy (non-hydrogen) atoms. The summed E-state index contributed by atoms with van der Waals surface area (Å²) >= 11 is 0. The van der Waals surface area contributed by atoms with Crippen molar-refractivity contribution in [2.75, 3.05) is 20.1 Å². The maximum atomic E-state index is 12.0. The van der Waals surface area contributed by atoms with Gasteiger partial charge in [0.2, 0.25) is 0 Å². The number of likely N-dealkylation sites (tertiary alicyclic amines) is 1. The number of nitrogens with one attached hydrogen (secondary N) is 1. The van der Waals surface area contributed by atoms with Crippen LogP contribution in [-0.4, -0.2) is 37.0 Å². The summed E-state index contributed by atoms with van der Waals surface area (Å²) < 4.78 is 5.14. The van der Waals surface area contributed by atoms with Crippen LogP contribution in [0.25, 0.3) is 0 Å². The minimum atomic E-state index is 0. The Kier molecular flexibility index (Phi) is 4.38. The van der Waals surface area contributed by atoms with Gasteiger partial charge in [0.05, 0.1) is 11.8 Å². The predicted octanol–water partition coefficient (Wildman–Crippen LogP) is 1.44. The largest absolute Gasteiger partial charge is 0.469 e. The predicted molar refractivity (Wildman–Crippen MR) is 64.1 cm³/mol. The number of nitrogens with zero attached hydrogens (tertiary/aromatic N) is 1. The first-order chi connectivity index (χ1) is 7.22. The Balaban J connectivity index is 0.00000128. The third-order valence-corrected chi connectivity index (χ3v) is 2.97. The molecule has 1 saturated heterocycles. The fourth-order valence-corrected chi connectivity index (χ4v) is 1.96. The van der Waals surface area contributed by atoms with E-state index in [4.69, 9.17) is 4.42 Å². The maximum Gasteiger partial charge on any atom is 0.257 e. The van der Waals surface area contributed by atoms with Crippen LogP contribution in [0.4, 0.5) is 0 Å². The van der Waals surface area contributed by atoms with Crippen molar-refractivity contribution in [1.82, 2.24) is 10.2 Å². The van der Waals surface area contributed by atoms with E-state index in [1.54, 1.807) is 12.3 Å². The molecule has 0 aliphatic carbocycles. The monoisotopic (exact) mass is 244 g/mol. The lowest BCUT2D eigenvalue weighted by atomic mass is 10.2. The third kappa shape index (κ3) is 2.39. The summed E-state index contributed by atoms with van der Waals surface area (Å²) in [4.78, 5) is 13.9. The average Bonchev–Trinajstić information content (AvgIpc) is 2.84. The molecule has 0 saturated carbocycles. The second-order valence-electron chi connectivity index (χ2n) is 3.92. The van der Waals surface area contributed by atoms with Gasteiger partial charge in [0.25, 0.3) is 5.91 Å². The molecule has 1 unspecified atom stereocenters. The molecule has 1 atom stereocenters. The average molecular weight is 245 g/mol. The lowest BCUT2D eigenvalue weighted by Gasteiger charge is -2.15. The van der Waals surface area contributed by atoms with Crippen LogP contribution in [-0.2, 0) is 0 Å². The molecule has 2 rings (SSSR count). The molecule has 0 spiro atoms. The molecule has 2 heterocycles. The Bertz CT molecular complexity index is 365. The Labute approximate surface area is 101 Å². The quantitative estimate of drug-likeness (QED) is 0.857. The van der Waals surface area contributed by atoms with Gasteiger partial charge in [0, 0.05) is 19.1 Å². The molecule has 1 N–H and O–H groups in total. The topological polar surface area (TPSA) is 45.5 Å². The summed E-state index contributed by atoms with van der Waals surface area (Å²) in [5.74, 6) is 0.784. The minimum Gasteiger partial charge on any atom is -0.469 e. The highest BCUT2D eigenvalue weighted by atomic mass is 35.5. The van der Waals surface area contributed by atoms with Crippen LogP contribution < -0.4 is 5.32 Å². The summed E-state index contributed by atoms with van der Waals surface area (Å²) in [6.07, 6.45) is 2.59. The van der Waals surface area contributed by atoms with Gasteiger partial charge in [-0.3, -0.25) is 4.79 Å². The molecular weight excluding hydrogens is 228 g/mol. The van der Waals surface area contributed by atoms with Crippen LogP contribution in [0.15, 0.2) is 16.7 Å². The fraction of sp³-hybridized carbons (Fsp3) is 0.545. The van der Waals surface area contributed by atoms with Crippen molar-refractivity contribution in [2.24, 2.45) is 0 Å². The van der Waals surface area contributed by atoms with E-state index in [9.17, 15) is 4.79 Å². The highest BCUT2D eigenvalue weighted by Crippen LogP contribution is 2.16. The molecule has 0 radical (unpaired) electrons. The molecule has 1 amide bonds. The van der Waals surface area contributed by atoms with Crippen LogP contribution >= 0.6 is 12.4 Å². The minimum absolute atomic E-state index is 0. The van der Waals surface area contributed by atoms with Crippen molar-refractivity contribution in [3.05, 3.63) is 23.7 Å². The Morgan fingerprint density at radius 1 is 1.62 bits per heavy atom. The molecule has 0 aromatic carbocycles. The molecule has 1 fully saturated rings. The van der Waals surface area contributed by atoms with Crippen molar-refractivity contribution in [1.29, 1.82) is 0 Å². The lowest BCUT2D eigenvalue weighted by molar-refractivity contribution is 0.0788. The number of rotatable bonds is 2. The van der Waals surface area contributed by atoms with Crippen LogP contribution in [0.5, 0.6) is 0 Å². The first kappa shape index (κ1) is 13.1. The molecular formula is C11H17ClN2O2. The Hall–Kier alpha value is -1.00.